The number of hydrogen-bond acceptors (Lipinski definition) is 5. The highest BCUT2D eigenvalue weighted by Crippen LogP contribution is 2.44. The van der Waals surface area contributed by atoms with Crippen LogP contribution in [0.3, 0.4) is 0 Å². The molecule has 0 spiro atoms. The smallest absolute Gasteiger partial charge is 0.407 e. The van der Waals surface area contributed by atoms with Gasteiger partial charge in [-0.05, 0) is 42.0 Å². The molecule has 2 amide bonds. The molecule has 0 aromatic heterocycles. The second-order valence-corrected chi connectivity index (χ2v) is 9.04. The summed E-state index contributed by atoms with van der Waals surface area (Å²) in [5, 5.41) is 14.5. The Morgan fingerprint density at radius 2 is 1.65 bits per heavy atom. The Hall–Kier alpha value is -3.39. The van der Waals surface area contributed by atoms with Crippen molar-refractivity contribution < 1.29 is 29.0 Å². The molecule has 2 aromatic carbocycles. The number of carbonyl (C=O) groups excluding carboxylic acids is 2. The summed E-state index contributed by atoms with van der Waals surface area (Å²) in [4.78, 5) is 36.6. The minimum atomic E-state index is -0.981. The number of carboxylic acids is 1. The minimum absolute atomic E-state index is 0.0460. The van der Waals surface area contributed by atoms with Gasteiger partial charge in [-0.25, -0.2) is 4.79 Å². The van der Waals surface area contributed by atoms with E-state index in [9.17, 15) is 14.4 Å². The Kier molecular flexibility index (Phi) is 7.17. The molecule has 1 fully saturated rings. The predicted molar refractivity (Wildman–Crippen MR) is 125 cm³/mol. The third-order valence-corrected chi connectivity index (χ3v) is 6.70. The molecule has 1 aliphatic heterocycles. The first-order valence-corrected chi connectivity index (χ1v) is 11.6. The van der Waals surface area contributed by atoms with Gasteiger partial charge in [-0.3, -0.25) is 9.59 Å². The van der Waals surface area contributed by atoms with Crippen LogP contribution in [0.2, 0.25) is 0 Å². The van der Waals surface area contributed by atoms with Crippen LogP contribution in [0.5, 0.6) is 0 Å². The van der Waals surface area contributed by atoms with Gasteiger partial charge in [-0.1, -0.05) is 48.5 Å². The predicted octanol–water partition coefficient (Wildman–Crippen LogP) is 3.30. The van der Waals surface area contributed by atoms with E-state index >= 15 is 0 Å². The van der Waals surface area contributed by atoms with Gasteiger partial charge in [0.1, 0.15) is 6.61 Å². The highest BCUT2D eigenvalue weighted by atomic mass is 16.5. The van der Waals surface area contributed by atoms with Crippen molar-refractivity contribution in [2.24, 2.45) is 5.41 Å². The number of ether oxygens (including phenoxy) is 2. The van der Waals surface area contributed by atoms with Gasteiger partial charge in [0.05, 0.1) is 11.8 Å². The van der Waals surface area contributed by atoms with Gasteiger partial charge in [-0.2, -0.15) is 0 Å². The van der Waals surface area contributed by atoms with Crippen LogP contribution in [0.25, 0.3) is 11.1 Å². The van der Waals surface area contributed by atoms with E-state index in [2.05, 4.69) is 34.9 Å². The van der Waals surface area contributed by atoms with Crippen LogP contribution in [-0.4, -0.2) is 55.5 Å². The topological polar surface area (TPSA) is 114 Å². The maximum atomic E-state index is 13.0. The van der Waals surface area contributed by atoms with Crippen LogP contribution < -0.4 is 10.6 Å². The van der Waals surface area contributed by atoms with Crippen LogP contribution >= 0.6 is 0 Å². The third kappa shape index (κ3) is 5.07. The third-order valence-electron chi connectivity index (χ3n) is 6.70. The monoisotopic (exact) mass is 466 g/mol. The molecule has 4 rings (SSSR count). The van der Waals surface area contributed by atoms with Crippen molar-refractivity contribution >= 4 is 18.0 Å². The summed E-state index contributed by atoms with van der Waals surface area (Å²) < 4.78 is 11.0. The Morgan fingerprint density at radius 3 is 2.24 bits per heavy atom. The van der Waals surface area contributed by atoms with E-state index in [-0.39, 0.29) is 31.4 Å². The summed E-state index contributed by atoms with van der Waals surface area (Å²) >= 11 is 0. The summed E-state index contributed by atoms with van der Waals surface area (Å²) in [6, 6.07) is 15.7. The largest absolute Gasteiger partial charge is 0.481 e. The fourth-order valence-electron chi connectivity index (χ4n) is 4.83. The summed E-state index contributed by atoms with van der Waals surface area (Å²) in [5.74, 6) is -1.30. The first-order valence-electron chi connectivity index (χ1n) is 11.6. The highest BCUT2D eigenvalue weighted by molar-refractivity contribution is 5.84. The minimum Gasteiger partial charge on any atom is -0.481 e. The maximum Gasteiger partial charge on any atom is 0.407 e. The van der Waals surface area contributed by atoms with Crippen molar-refractivity contribution in [1.29, 1.82) is 0 Å². The fraction of sp³-hybridized carbons (Fsp3) is 0.423. The number of carboxylic acid groups (broad SMARTS) is 1. The number of fused-ring (bicyclic) bond motifs is 3. The van der Waals surface area contributed by atoms with Crippen LogP contribution in [-0.2, 0) is 19.1 Å². The van der Waals surface area contributed by atoms with E-state index in [1.807, 2.05) is 24.3 Å². The van der Waals surface area contributed by atoms with E-state index in [1.165, 1.54) is 0 Å². The number of benzene rings is 2. The lowest BCUT2D eigenvalue weighted by atomic mass is 9.79. The second kappa shape index (κ2) is 10.3. The maximum absolute atomic E-state index is 13.0. The van der Waals surface area contributed by atoms with E-state index in [0.29, 0.717) is 26.1 Å². The molecule has 1 aliphatic carbocycles. The molecule has 0 radical (unpaired) electrons. The van der Waals surface area contributed by atoms with Gasteiger partial charge >= 0.3 is 12.1 Å². The van der Waals surface area contributed by atoms with E-state index in [0.717, 1.165) is 22.3 Å². The number of aliphatic carboxylic acids is 1. The zero-order valence-corrected chi connectivity index (χ0v) is 19.2. The standard InChI is InChI=1S/C26H30N2O6/c1-17(14-23(29)30)28-24(31)26(10-12-33-13-11-26)16-27-25(32)34-15-22-20-8-4-2-6-18(20)19-7-3-5-9-21(19)22/h2-9,17,22H,10-16H2,1H3,(H,27,32)(H,28,31)(H,29,30). The average Bonchev–Trinajstić information content (AvgIpc) is 3.15. The van der Waals surface area contributed by atoms with E-state index in [4.69, 9.17) is 14.6 Å². The first-order chi connectivity index (χ1) is 16.4. The Balaban J connectivity index is 1.38. The molecule has 1 atom stereocenters. The van der Waals surface area contributed by atoms with Crippen molar-refractivity contribution in [3.05, 3.63) is 59.7 Å². The van der Waals surface area contributed by atoms with Gasteiger partial charge in [0.2, 0.25) is 5.91 Å². The van der Waals surface area contributed by atoms with Gasteiger partial charge in [0.15, 0.2) is 0 Å². The number of amides is 2. The molecule has 8 heteroatoms. The van der Waals surface area contributed by atoms with Crippen molar-refractivity contribution in [2.75, 3.05) is 26.4 Å². The van der Waals surface area contributed by atoms with Gasteiger partial charge in [0.25, 0.3) is 0 Å². The molecule has 180 valence electrons. The van der Waals surface area contributed by atoms with Crippen molar-refractivity contribution in [1.82, 2.24) is 10.6 Å². The molecule has 3 N–H and O–H groups in total. The van der Waals surface area contributed by atoms with Gasteiger partial charge in [0, 0.05) is 31.7 Å². The summed E-state index contributed by atoms with van der Waals surface area (Å²) in [6.07, 6.45) is 0.113. The molecular weight excluding hydrogens is 436 g/mol. The van der Waals surface area contributed by atoms with Gasteiger partial charge in [-0.15, -0.1) is 0 Å². The number of rotatable bonds is 8. The first kappa shape index (κ1) is 23.8. The molecule has 1 heterocycles. The lowest BCUT2D eigenvalue weighted by Gasteiger charge is -2.36. The Bertz CT molecular complexity index is 1020. The molecule has 2 aromatic rings. The zero-order chi connectivity index (χ0) is 24.1. The van der Waals surface area contributed by atoms with E-state index in [1.54, 1.807) is 6.92 Å². The van der Waals surface area contributed by atoms with E-state index < -0.39 is 23.5 Å². The molecule has 2 aliphatic rings. The zero-order valence-electron chi connectivity index (χ0n) is 19.2. The Labute approximate surface area is 198 Å². The van der Waals surface area contributed by atoms with Crippen molar-refractivity contribution in [2.45, 2.75) is 38.1 Å². The molecule has 1 saturated heterocycles. The SMILES string of the molecule is CC(CC(=O)O)NC(=O)C1(CNC(=O)OCC2c3ccccc3-c3ccccc32)CCOCC1. The quantitative estimate of drug-likeness (QED) is 0.550. The summed E-state index contributed by atoms with van der Waals surface area (Å²) in [6.45, 7) is 2.73. The fourth-order valence-corrected chi connectivity index (χ4v) is 4.83. The van der Waals surface area contributed by atoms with Crippen molar-refractivity contribution in [3.8, 4) is 11.1 Å². The molecule has 0 saturated carbocycles. The lowest BCUT2D eigenvalue weighted by Crippen LogP contribution is -2.53. The van der Waals surface area contributed by atoms with Crippen LogP contribution in [0.4, 0.5) is 4.79 Å². The second-order valence-electron chi connectivity index (χ2n) is 9.04. The lowest BCUT2D eigenvalue weighted by molar-refractivity contribution is -0.139. The number of hydrogen-bond donors (Lipinski definition) is 3. The van der Waals surface area contributed by atoms with Gasteiger partial charge < -0.3 is 25.2 Å². The molecular formula is C26H30N2O6. The average molecular weight is 467 g/mol. The van der Waals surface area contributed by atoms with Crippen LogP contribution in [0, 0.1) is 5.41 Å². The molecule has 0 bridgehead atoms. The normalized spacial score (nSPS) is 17.2. The Morgan fingerprint density at radius 1 is 1.06 bits per heavy atom. The van der Waals surface area contributed by atoms with Crippen LogP contribution in [0.15, 0.2) is 48.5 Å². The number of alkyl carbamates (subject to hydrolysis) is 1. The molecule has 34 heavy (non-hydrogen) atoms. The molecule has 1 unspecified atom stereocenters. The van der Waals surface area contributed by atoms with Crippen molar-refractivity contribution in [3.63, 3.8) is 0 Å². The number of nitrogens with one attached hydrogen (secondary N) is 2. The number of carbonyl (C=O) groups is 3. The highest BCUT2D eigenvalue weighted by Gasteiger charge is 2.41. The summed E-state index contributed by atoms with van der Waals surface area (Å²) in [7, 11) is 0. The van der Waals surface area contributed by atoms with Crippen LogP contribution in [0.1, 0.15) is 43.2 Å². The molecule has 8 nitrogen and oxygen atoms in total. The summed E-state index contributed by atoms with van der Waals surface area (Å²) in [5.41, 5.74) is 3.70.